The van der Waals surface area contributed by atoms with Crippen LogP contribution in [0.2, 0.25) is 0 Å². The highest BCUT2D eigenvalue weighted by Crippen LogP contribution is 2.32. The number of benzene rings is 2. The largest absolute Gasteiger partial charge is 0.493 e. The molecular formula is C22H27FN2O5S. The van der Waals surface area contributed by atoms with E-state index in [4.69, 9.17) is 9.47 Å². The van der Waals surface area contributed by atoms with Crippen molar-refractivity contribution in [2.24, 2.45) is 0 Å². The Morgan fingerprint density at radius 2 is 1.68 bits per heavy atom. The van der Waals surface area contributed by atoms with Gasteiger partial charge in [-0.25, -0.2) is 12.8 Å². The van der Waals surface area contributed by atoms with Gasteiger partial charge in [0.25, 0.3) is 10.0 Å². The molecule has 3 rings (SSSR count). The molecule has 0 heterocycles. The third kappa shape index (κ3) is 5.46. The monoisotopic (exact) mass is 450 g/mol. The number of amides is 1. The summed E-state index contributed by atoms with van der Waals surface area (Å²) in [6.45, 7) is -0.418. The molecule has 2 aromatic rings. The maximum absolute atomic E-state index is 13.5. The van der Waals surface area contributed by atoms with E-state index in [0.717, 1.165) is 48.5 Å². The molecule has 0 bridgehead atoms. The number of anilines is 1. The molecule has 1 fully saturated rings. The molecule has 0 unspecified atom stereocenters. The fourth-order valence-corrected chi connectivity index (χ4v) is 5.11. The molecule has 1 amide bonds. The molecule has 0 aliphatic heterocycles. The van der Waals surface area contributed by atoms with Crippen molar-refractivity contribution in [3.63, 3.8) is 0 Å². The van der Waals surface area contributed by atoms with E-state index in [1.807, 2.05) is 0 Å². The molecule has 1 aliphatic carbocycles. The van der Waals surface area contributed by atoms with Crippen LogP contribution in [0.4, 0.5) is 10.1 Å². The minimum absolute atomic E-state index is 0.0418. The zero-order chi connectivity index (χ0) is 22.4. The summed E-state index contributed by atoms with van der Waals surface area (Å²) in [6.07, 6.45) is 4.98. The highest BCUT2D eigenvalue weighted by Gasteiger charge is 2.29. The molecule has 1 N–H and O–H groups in total. The first-order valence-electron chi connectivity index (χ1n) is 10.1. The summed E-state index contributed by atoms with van der Waals surface area (Å²) in [5, 5.41) is 2.93. The fraction of sp³-hybridized carbons (Fsp3) is 0.409. The van der Waals surface area contributed by atoms with E-state index in [1.165, 1.54) is 44.6 Å². The van der Waals surface area contributed by atoms with Crippen molar-refractivity contribution in [2.45, 2.75) is 43.0 Å². The first-order valence-corrected chi connectivity index (χ1v) is 11.6. The van der Waals surface area contributed by atoms with E-state index in [-0.39, 0.29) is 22.4 Å². The van der Waals surface area contributed by atoms with Gasteiger partial charge in [-0.3, -0.25) is 9.10 Å². The van der Waals surface area contributed by atoms with Gasteiger partial charge in [-0.15, -0.1) is 0 Å². The Labute approximate surface area is 182 Å². The van der Waals surface area contributed by atoms with Crippen molar-refractivity contribution in [3.8, 4) is 11.5 Å². The number of carbonyl (C=O) groups excluding carboxylic acids is 1. The minimum Gasteiger partial charge on any atom is -0.493 e. The standard InChI is InChI=1S/C22H27FN2O5S/c1-29-20-13-12-19(14-21(20)30-2)31(27,28)25(18-10-8-16(23)9-11-18)15-22(26)24-17-6-4-3-5-7-17/h8-14,17H,3-7,15H2,1-2H3,(H,24,26). The van der Waals surface area contributed by atoms with Gasteiger partial charge >= 0.3 is 0 Å². The Hall–Kier alpha value is -2.81. The van der Waals surface area contributed by atoms with Crippen LogP contribution in [0.15, 0.2) is 47.4 Å². The smallest absolute Gasteiger partial charge is 0.264 e. The molecular weight excluding hydrogens is 423 g/mol. The van der Waals surface area contributed by atoms with E-state index >= 15 is 0 Å². The highest BCUT2D eigenvalue weighted by atomic mass is 32.2. The van der Waals surface area contributed by atoms with Crippen molar-refractivity contribution < 1.29 is 27.1 Å². The molecule has 2 aromatic carbocycles. The van der Waals surface area contributed by atoms with Gasteiger partial charge in [-0.1, -0.05) is 19.3 Å². The summed E-state index contributed by atoms with van der Waals surface area (Å²) < 4.78 is 51.8. The quantitative estimate of drug-likeness (QED) is 0.666. The van der Waals surface area contributed by atoms with E-state index in [1.54, 1.807) is 0 Å². The first kappa shape index (κ1) is 22.9. The number of rotatable bonds is 8. The fourth-order valence-electron chi connectivity index (χ4n) is 3.68. The van der Waals surface area contributed by atoms with Crippen molar-refractivity contribution in [1.29, 1.82) is 0 Å². The van der Waals surface area contributed by atoms with Crippen LogP contribution in [0, 0.1) is 5.82 Å². The number of ether oxygens (including phenoxy) is 2. The number of sulfonamides is 1. The number of carbonyl (C=O) groups is 1. The maximum atomic E-state index is 13.5. The summed E-state index contributed by atoms with van der Waals surface area (Å²) in [5.41, 5.74) is 0.190. The van der Waals surface area contributed by atoms with Crippen LogP contribution in [0.25, 0.3) is 0 Å². The van der Waals surface area contributed by atoms with Crippen LogP contribution in [-0.2, 0) is 14.8 Å². The zero-order valence-electron chi connectivity index (χ0n) is 17.6. The van der Waals surface area contributed by atoms with Gasteiger partial charge in [0.05, 0.1) is 24.8 Å². The van der Waals surface area contributed by atoms with Crippen molar-refractivity contribution in [1.82, 2.24) is 5.32 Å². The number of hydrogen-bond acceptors (Lipinski definition) is 5. The molecule has 0 saturated heterocycles. The topological polar surface area (TPSA) is 84.9 Å². The Bertz CT molecular complexity index is 1010. The van der Waals surface area contributed by atoms with Crippen LogP contribution >= 0.6 is 0 Å². The molecule has 0 radical (unpaired) electrons. The summed E-state index contributed by atoms with van der Waals surface area (Å²) in [6, 6.07) is 9.23. The van der Waals surface area contributed by atoms with Gasteiger partial charge in [0.2, 0.25) is 5.91 Å². The third-order valence-electron chi connectivity index (χ3n) is 5.32. The van der Waals surface area contributed by atoms with Gasteiger partial charge in [-0.2, -0.15) is 0 Å². The van der Waals surface area contributed by atoms with Gasteiger partial charge < -0.3 is 14.8 Å². The normalized spacial score (nSPS) is 14.7. The lowest BCUT2D eigenvalue weighted by Gasteiger charge is -2.27. The molecule has 0 spiro atoms. The lowest BCUT2D eigenvalue weighted by atomic mass is 9.95. The average Bonchev–Trinajstić information content (AvgIpc) is 2.78. The van der Waals surface area contributed by atoms with Crippen molar-refractivity contribution in [3.05, 3.63) is 48.3 Å². The maximum Gasteiger partial charge on any atom is 0.264 e. The SMILES string of the molecule is COc1ccc(S(=O)(=O)N(CC(=O)NC2CCCCC2)c2ccc(F)cc2)cc1OC. The van der Waals surface area contributed by atoms with E-state index < -0.39 is 28.3 Å². The molecule has 31 heavy (non-hydrogen) atoms. The summed E-state index contributed by atoms with van der Waals surface area (Å²) in [4.78, 5) is 12.7. The van der Waals surface area contributed by atoms with Gasteiger partial charge in [0.15, 0.2) is 11.5 Å². The van der Waals surface area contributed by atoms with Crippen LogP contribution in [0.3, 0.4) is 0 Å². The summed E-state index contributed by atoms with van der Waals surface area (Å²) in [5.74, 6) is -0.279. The second-order valence-corrected chi connectivity index (χ2v) is 9.27. The summed E-state index contributed by atoms with van der Waals surface area (Å²) in [7, 11) is -1.29. The molecule has 0 atom stereocenters. The minimum atomic E-state index is -4.15. The molecule has 1 aliphatic rings. The van der Waals surface area contributed by atoms with Crippen molar-refractivity contribution >= 4 is 21.6 Å². The predicted molar refractivity (Wildman–Crippen MR) is 115 cm³/mol. The van der Waals surface area contributed by atoms with Gasteiger partial charge in [0.1, 0.15) is 12.4 Å². The number of methoxy groups -OCH3 is 2. The predicted octanol–water partition coefficient (Wildman–Crippen LogP) is 3.49. The number of hydrogen-bond donors (Lipinski definition) is 1. The van der Waals surface area contributed by atoms with Crippen molar-refractivity contribution in [2.75, 3.05) is 25.1 Å². The van der Waals surface area contributed by atoms with Gasteiger partial charge in [0, 0.05) is 12.1 Å². The first-order chi connectivity index (χ1) is 14.8. The summed E-state index contributed by atoms with van der Waals surface area (Å²) >= 11 is 0. The number of nitrogens with one attached hydrogen (secondary N) is 1. The Morgan fingerprint density at radius 1 is 1.03 bits per heavy atom. The highest BCUT2D eigenvalue weighted by molar-refractivity contribution is 7.92. The van der Waals surface area contributed by atoms with Crippen LogP contribution in [0.5, 0.6) is 11.5 Å². The lowest BCUT2D eigenvalue weighted by molar-refractivity contribution is -0.120. The number of halogens is 1. The second kappa shape index (κ2) is 10.00. The Balaban J connectivity index is 1.93. The zero-order valence-corrected chi connectivity index (χ0v) is 18.5. The van der Waals surface area contributed by atoms with Crippen LogP contribution in [0.1, 0.15) is 32.1 Å². The molecule has 1 saturated carbocycles. The number of nitrogens with zero attached hydrogens (tertiary/aromatic N) is 1. The molecule has 9 heteroatoms. The van der Waals surface area contributed by atoms with Gasteiger partial charge in [-0.05, 0) is 49.2 Å². The van der Waals surface area contributed by atoms with E-state index in [2.05, 4.69) is 5.32 Å². The molecule has 0 aromatic heterocycles. The van der Waals surface area contributed by atoms with Crippen LogP contribution in [-0.4, -0.2) is 41.1 Å². The third-order valence-corrected chi connectivity index (χ3v) is 7.08. The Kier molecular flexibility index (Phi) is 7.37. The lowest BCUT2D eigenvalue weighted by Crippen LogP contribution is -2.44. The molecule has 7 nitrogen and oxygen atoms in total. The molecule has 168 valence electrons. The van der Waals surface area contributed by atoms with Crippen LogP contribution < -0.4 is 19.1 Å². The Morgan fingerprint density at radius 3 is 2.29 bits per heavy atom. The second-order valence-electron chi connectivity index (χ2n) is 7.41. The van der Waals surface area contributed by atoms with E-state index in [0.29, 0.717) is 5.75 Å². The van der Waals surface area contributed by atoms with E-state index in [9.17, 15) is 17.6 Å². The average molecular weight is 451 g/mol.